The summed E-state index contributed by atoms with van der Waals surface area (Å²) in [6, 6.07) is 5.29. The van der Waals surface area contributed by atoms with Crippen LogP contribution in [0.2, 0.25) is 0 Å². The molecule has 2 rings (SSSR count). The Bertz CT molecular complexity index is 546. The van der Waals surface area contributed by atoms with Crippen molar-refractivity contribution in [3.63, 3.8) is 0 Å². The maximum Gasteiger partial charge on any atom is 0.185 e. The Balaban J connectivity index is 2.01. The van der Waals surface area contributed by atoms with Gasteiger partial charge in [-0.3, -0.25) is 0 Å². The van der Waals surface area contributed by atoms with E-state index >= 15 is 0 Å². The van der Waals surface area contributed by atoms with Crippen molar-refractivity contribution in [3.05, 3.63) is 33.0 Å². The molecule has 2 aromatic heterocycles. The van der Waals surface area contributed by atoms with Crippen molar-refractivity contribution in [1.82, 2.24) is 10.3 Å². The summed E-state index contributed by atoms with van der Waals surface area (Å²) in [7, 11) is 2.15. The summed E-state index contributed by atoms with van der Waals surface area (Å²) >= 11 is 3.64. The zero-order valence-corrected chi connectivity index (χ0v) is 15.1. The van der Waals surface area contributed by atoms with Gasteiger partial charge in [0.1, 0.15) is 0 Å². The van der Waals surface area contributed by atoms with E-state index in [2.05, 4.69) is 62.5 Å². The first-order valence-electron chi connectivity index (χ1n) is 7.42. The maximum absolute atomic E-state index is 4.75. The number of aryl methyl sites for hydroxylation is 1. The van der Waals surface area contributed by atoms with Gasteiger partial charge in [0.05, 0.1) is 5.69 Å². The van der Waals surface area contributed by atoms with Gasteiger partial charge in [-0.25, -0.2) is 4.98 Å². The topological polar surface area (TPSA) is 28.2 Å². The van der Waals surface area contributed by atoms with Crippen LogP contribution in [0.3, 0.4) is 0 Å². The Morgan fingerprint density at radius 3 is 2.71 bits per heavy atom. The molecule has 2 aromatic rings. The van der Waals surface area contributed by atoms with Crippen molar-refractivity contribution in [3.8, 4) is 0 Å². The van der Waals surface area contributed by atoms with Gasteiger partial charge >= 0.3 is 0 Å². The van der Waals surface area contributed by atoms with Gasteiger partial charge in [-0.05, 0) is 25.3 Å². The van der Waals surface area contributed by atoms with Crippen LogP contribution in [-0.2, 0) is 13.0 Å². The number of thiophene rings is 1. The first-order chi connectivity index (χ1) is 9.97. The number of aromatic nitrogens is 1. The predicted octanol–water partition coefficient (Wildman–Crippen LogP) is 4.08. The van der Waals surface area contributed by atoms with Gasteiger partial charge in [0.25, 0.3) is 0 Å². The molecule has 0 fully saturated rings. The minimum Gasteiger partial charge on any atom is -0.348 e. The number of nitrogens with zero attached hydrogens (tertiary/aromatic N) is 2. The number of rotatable bonds is 7. The van der Waals surface area contributed by atoms with Crippen molar-refractivity contribution in [1.29, 1.82) is 0 Å². The Labute approximate surface area is 136 Å². The van der Waals surface area contributed by atoms with E-state index in [1.54, 1.807) is 11.3 Å². The summed E-state index contributed by atoms with van der Waals surface area (Å²) in [6.07, 6.45) is 1.08. The fraction of sp³-hybridized carbons (Fsp3) is 0.562. The summed E-state index contributed by atoms with van der Waals surface area (Å²) < 4.78 is 0. The molecule has 0 saturated carbocycles. The van der Waals surface area contributed by atoms with Gasteiger partial charge in [-0.1, -0.05) is 19.9 Å². The minimum absolute atomic E-state index is 0.458. The molecule has 21 heavy (non-hydrogen) atoms. The van der Waals surface area contributed by atoms with Crippen LogP contribution in [0.4, 0.5) is 5.13 Å². The normalized spacial score (nSPS) is 12.9. The molecule has 0 spiro atoms. The largest absolute Gasteiger partial charge is 0.348 e. The molecular weight excluding hydrogens is 298 g/mol. The number of thiazole rings is 1. The molecule has 0 aliphatic rings. The van der Waals surface area contributed by atoms with Gasteiger partial charge in [0, 0.05) is 41.9 Å². The number of likely N-dealkylation sites (N-methyl/N-ethyl adjacent to an activating group) is 1. The third-order valence-electron chi connectivity index (χ3n) is 3.59. The zero-order chi connectivity index (χ0) is 15.4. The highest BCUT2D eigenvalue weighted by atomic mass is 32.1. The van der Waals surface area contributed by atoms with Crippen molar-refractivity contribution < 1.29 is 0 Å². The van der Waals surface area contributed by atoms with Gasteiger partial charge in [0.2, 0.25) is 0 Å². The molecule has 0 aliphatic heterocycles. The molecule has 1 unspecified atom stereocenters. The van der Waals surface area contributed by atoms with Crippen LogP contribution in [0, 0.1) is 6.92 Å². The molecule has 2 heterocycles. The molecule has 116 valence electrons. The van der Waals surface area contributed by atoms with Gasteiger partial charge < -0.3 is 10.2 Å². The van der Waals surface area contributed by atoms with Gasteiger partial charge in [-0.2, -0.15) is 0 Å². The third kappa shape index (κ3) is 4.53. The summed E-state index contributed by atoms with van der Waals surface area (Å²) in [5, 5.41) is 6.74. The molecule has 0 saturated heterocycles. The van der Waals surface area contributed by atoms with E-state index in [9.17, 15) is 0 Å². The monoisotopic (exact) mass is 323 g/mol. The molecule has 1 N–H and O–H groups in total. The first-order valence-corrected chi connectivity index (χ1v) is 9.12. The van der Waals surface area contributed by atoms with Crippen LogP contribution < -0.4 is 10.2 Å². The number of hydrogen-bond donors (Lipinski definition) is 1. The summed E-state index contributed by atoms with van der Waals surface area (Å²) in [5.74, 6) is 0. The summed E-state index contributed by atoms with van der Waals surface area (Å²) in [5.41, 5.74) is 1.15. The lowest BCUT2D eigenvalue weighted by Crippen LogP contribution is -2.30. The van der Waals surface area contributed by atoms with Gasteiger partial charge in [0.15, 0.2) is 5.13 Å². The van der Waals surface area contributed by atoms with Crippen molar-refractivity contribution in [2.75, 3.05) is 11.9 Å². The summed E-state index contributed by atoms with van der Waals surface area (Å²) in [4.78, 5) is 9.82. The molecule has 5 heteroatoms. The van der Waals surface area contributed by atoms with Crippen molar-refractivity contribution in [2.24, 2.45) is 0 Å². The van der Waals surface area contributed by atoms with E-state index in [0.717, 1.165) is 23.8 Å². The van der Waals surface area contributed by atoms with E-state index in [-0.39, 0.29) is 0 Å². The lowest BCUT2D eigenvalue weighted by atomic mass is 10.2. The van der Waals surface area contributed by atoms with Crippen molar-refractivity contribution >= 4 is 27.8 Å². The average molecular weight is 324 g/mol. The van der Waals surface area contributed by atoms with E-state index in [1.165, 1.54) is 9.75 Å². The van der Waals surface area contributed by atoms with Crippen LogP contribution in [0.25, 0.3) is 0 Å². The fourth-order valence-electron chi connectivity index (χ4n) is 2.07. The molecule has 0 bridgehead atoms. The Hall–Kier alpha value is -0.910. The van der Waals surface area contributed by atoms with E-state index in [4.69, 9.17) is 4.98 Å². The van der Waals surface area contributed by atoms with E-state index in [0.29, 0.717) is 12.1 Å². The standard InChI is InChI=1S/C16H25N3S2/c1-11(2)17-10-15-13(4)18-16(21-15)19(5)12(3)9-14-7-6-8-20-14/h6-8,11-12,17H,9-10H2,1-5H3. The zero-order valence-electron chi connectivity index (χ0n) is 13.5. The Morgan fingerprint density at radius 2 is 2.10 bits per heavy atom. The summed E-state index contributed by atoms with van der Waals surface area (Å²) in [6.45, 7) is 9.63. The second kappa shape index (κ2) is 7.38. The van der Waals surface area contributed by atoms with Crippen LogP contribution in [0.15, 0.2) is 17.5 Å². The van der Waals surface area contributed by atoms with E-state index in [1.807, 2.05) is 11.3 Å². The highest BCUT2D eigenvalue weighted by Gasteiger charge is 2.16. The SMILES string of the molecule is Cc1nc(N(C)C(C)Cc2cccs2)sc1CNC(C)C. The fourth-order valence-corrected chi connectivity index (χ4v) is 3.97. The van der Waals surface area contributed by atoms with Crippen LogP contribution in [-0.4, -0.2) is 24.1 Å². The molecule has 0 radical (unpaired) electrons. The second-order valence-electron chi connectivity index (χ2n) is 5.78. The third-order valence-corrected chi connectivity index (χ3v) is 5.74. The molecule has 3 nitrogen and oxygen atoms in total. The molecule has 0 amide bonds. The Kier molecular flexibility index (Phi) is 5.79. The van der Waals surface area contributed by atoms with Crippen LogP contribution >= 0.6 is 22.7 Å². The second-order valence-corrected chi connectivity index (χ2v) is 7.88. The van der Waals surface area contributed by atoms with Gasteiger partial charge in [-0.15, -0.1) is 22.7 Å². The quantitative estimate of drug-likeness (QED) is 0.832. The van der Waals surface area contributed by atoms with Crippen LogP contribution in [0.1, 0.15) is 36.2 Å². The smallest absolute Gasteiger partial charge is 0.185 e. The highest BCUT2D eigenvalue weighted by molar-refractivity contribution is 7.15. The minimum atomic E-state index is 0.458. The number of hydrogen-bond acceptors (Lipinski definition) is 5. The highest BCUT2D eigenvalue weighted by Crippen LogP contribution is 2.27. The first kappa shape index (κ1) is 16.5. The maximum atomic E-state index is 4.75. The lowest BCUT2D eigenvalue weighted by Gasteiger charge is -2.23. The lowest BCUT2D eigenvalue weighted by molar-refractivity contribution is 0.591. The molecular formula is C16H25N3S2. The molecule has 0 aromatic carbocycles. The molecule has 0 aliphatic carbocycles. The van der Waals surface area contributed by atoms with Crippen molar-refractivity contribution in [2.45, 2.75) is 52.7 Å². The predicted molar refractivity (Wildman–Crippen MR) is 94.7 cm³/mol. The number of anilines is 1. The molecule has 1 atom stereocenters. The average Bonchev–Trinajstić information content (AvgIpc) is 3.05. The van der Waals surface area contributed by atoms with E-state index < -0.39 is 0 Å². The van der Waals surface area contributed by atoms with Crippen LogP contribution in [0.5, 0.6) is 0 Å². The number of nitrogens with one attached hydrogen (secondary N) is 1. The Morgan fingerprint density at radius 1 is 1.33 bits per heavy atom.